The monoisotopic (exact) mass is 664 g/mol. The molecule has 2 aromatic carbocycles. The Morgan fingerprint density at radius 2 is 1.40 bits per heavy atom. The quantitative estimate of drug-likeness (QED) is 0.311. The SMILES string of the molecule is CC(C)[C@@H](C(=O)N[C@@H](CC(=O)OCc1ccccc1)C(=O)N1CCCCC1)N(C)C(=O)[C@H](Cc1ccccc1)N(C)C(=O)OC(C)(C)C. The Morgan fingerprint density at radius 1 is 0.833 bits per heavy atom. The van der Waals surface area contributed by atoms with E-state index in [0.29, 0.717) is 13.1 Å². The standard InChI is InChI=1S/C37H52N4O7/c1-26(2)32(40(7)35(45)30(23-27-17-11-8-12-18-27)39(6)36(46)48-37(3,4)5)33(43)38-29(34(44)41-21-15-10-16-22-41)24-31(42)47-25-28-19-13-9-14-20-28/h8-9,11-14,17-20,26,29-30,32H,10,15-16,21-25H2,1-7H3,(H,38,43)/t29-,30-,32-/m0/s1. The molecule has 4 amide bonds. The van der Waals surface area contributed by atoms with Gasteiger partial charge in [-0.1, -0.05) is 74.5 Å². The van der Waals surface area contributed by atoms with Crippen molar-refractivity contribution < 1.29 is 33.4 Å². The number of nitrogens with zero attached hydrogens (tertiary/aromatic N) is 3. The van der Waals surface area contributed by atoms with Crippen LogP contribution in [-0.2, 0) is 41.7 Å². The van der Waals surface area contributed by atoms with Crippen molar-refractivity contribution in [2.45, 2.75) is 97.1 Å². The molecule has 2 aromatic rings. The first-order valence-electron chi connectivity index (χ1n) is 16.7. The van der Waals surface area contributed by atoms with Crippen LogP contribution in [0.5, 0.6) is 0 Å². The Kier molecular flexibility index (Phi) is 14.0. The number of piperidine rings is 1. The van der Waals surface area contributed by atoms with E-state index in [1.807, 2.05) is 60.7 Å². The molecular weight excluding hydrogens is 612 g/mol. The van der Waals surface area contributed by atoms with E-state index in [-0.39, 0.29) is 31.3 Å². The van der Waals surface area contributed by atoms with Gasteiger partial charge in [-0.2, -0.15) is 0 Å². The fourth-order valence-corrected chi connectivity index (χ4v) is 5.74. The molecule has 0 aliphatic carbocycles. The van der Waals surface area contributed by atoms with Gasteiger partial charge in [0.2, 0.25) is 17.7 Å². The number of benzene rings is 2. The predicted molar refractivity (Wildman–Crippen MR) is 183 cm³/mol. The van der Waals surface area contributed by atoms with Crippen LogP contribution >= 0.6 is 0 Å². The maximum absolute atomic E-state index is 14.2. The van der Waals surface area contributed by atoms with Crippen molar-refractivity contribution in [2.24, 2.45) is 5.92 Å². The summed E-state index contributed by atoms with van der Waals surface area (Å²) in [5.74, 6) is -2.41. The minimum atomic E-state index is -1.17. The number of ether oxygens (including phenoxy) is 2. The zero-order valence-corrected chi connectivity index (χ0v) is 29.4. The molecule has 48 heavy (non-hydrogen) atoms. The Morgan fingerprint density at radius 3 is 1.94 bits per heavy atom. The van der Waals surface area contributed by atoms with Crippen molar-refractivity contribution in [3.8, 4) is 0 Å². The minimum absolute atomic E-state index is 0.0398. The summed E-state index contributed by atoms with van der Waals surface area (Å²) in [5.41, 5.74) is 0.845. The average Bonchev–Trinajstić information content (AvgIpc) is 3.05. The summed E-state index contributed by atoms with van der Waals surface area (Å²) in [6, 6.07) is 15.3. The fourth-order valence-electron chi connectivity index (χ4n) is 5.74. The first-order chi connectivity index (χ1) is 22.7. The lowest BCUT2D eigenvalue weighted by Crippen LogP contribution is -2.60. The third-order valence-electron chi connectivity index (χ3n) is 8.27. The maximum atomic E-state index is 14.2. The number of likely N-dealkylation sites (N-methyl/N-ethyl adjacent to an activating group) is 2. The highest BCUT2D eigenvalue weighted by Crippen LogP contribution is 2.20. The number of likely N-dealkylation sites (tertiary alicyclic amines) is 1. The summed E-state index contributed by atoms with van der Waals surface area (Å²) in [7, 11) is 3.02. The Bertz CT molecular complexity index is 1370. The van der Waals surface area contributed by atoms with Crippen LogP contribution in [0.4, 0.5) is 4.79 Å². The van der Waals surface area contributed by atoms with E-state index in [9.17, 15) is 24.0 Å². The molecule has 3 atom stereocenters. The molecule has 1 aliphatic rings. The largest absolute Gasteiger partial charge is 0.461 e. The number of nitrogens with one attached hydrogen (secondary N) is 1. The Balaban J connectivity index is 1.84. The first kappa shape index (κ1) is 38.0. The maximum Gasteiger partial charge on any atom is 0.410 e. The lowest BCUT2D eigenvalue weighted by molar-refractivity contribution is -0.150. The van der Waals surface area contributed by atoms with Gasteiger partial charge in [-0.3, -0.25) is 24.1 Å². The van der Waals surface area contributed by atoms with Crippen LogP contribution in [0.15, 0.2) is 60.7 Å². The summed E-state index contributed by atoms with van der Waals surface area (Å²) >= 11 is 0. The van der Waals surface area contributed by atoms with Gasteiger partial charge < -0.3 is 24.6 Å². The van der Waals surface area contributed by atoms with Crippen LogP contribution in [0, 0.1) is 5.92 Å². The molecule has 0 spiro atoms. The highest BCUT2D eigenvalue weighted by Gasteiger charge is 2.39. The van der Waals surface area contributed by atoms with Gasteiger partial charge in [0.15, 0.2) is 0 Å². The molecule has 262 valence electrons. The normalized spacial score (nSPS) is 15.1. The molecule has 3 rings (SSSR count). The van der Waals surface area contributed by atoms with E-state index in [2.05, 4.69) is 5.32 Å². The van der Waals surface area contributed by atoms with Gasteiger partial charge in [0.05, 0.1) is 6.42 Å². The second-order valence-corrected chi connectivity index (χ2v) is 13.7. The van der Waals surface area contributed by atoms with Crippen LogP contribution < -0.4 is 5.32 Å². The number of carbonyl (C=O) groups is 5. The number of amides is 4. The molecule has 0 saturated carbocycles. The molecule has 1 heterocycles. The van der Waals surface area contributed by atoms with Crippen LogP contribution in [0.25, 0.3) is 0 Å². The minimum Gasteiger partial charge on any atom is -0.461 e. The molecule has 1 N–H and O–H groups in total. The van der Waals surface area contributed by atoms with Crippen molar-refractivity contribution >= 4 is 29.8 Å². The van der Waals surface area contributed by atoms with Crippen molar-refractivity contribution in [3.63, 3.8) is 0 Å². The van der Waals surface area contributed by atoms with Gasteiger partial charge in [-0.25, -0.2) is 4.79 Å². The average molecular weight is 665 g/mol. The molecule has 0 bridgehead atoms. The number of hydrogen-bond acceptors (Lipinski definition) is 7. The highest BCUT2D eigenvalue weighted by molar-refractivity contribution is 5.95. The van der Waals surface area contributed by atoms with E-state index in [1.54, 1.807) is 39.5 Å². The van der Waals surface area contributed by atoms with Gasteiger partial charge in [-0.15, -0.1) is 0 Å². The predicted octanol–water partition coefficient (Wildman–Crippen LogP) is 4.58. The smallest absolute Gasteiger partial charge is 0.410 e. The van der Waals surface area contributed by atoms with E-state index in [4.69, 9.17) is 9.47 Å². The summed E-state index contributed by atoms with van der Waals surface area (Å²) in [6.07, 6.45) is 1.85. The summed E-state index contributed by atoms with van der Waals surface area (Å²) in [4.78, 5) is 72.3. The zero-order chi connectivity index (χ0) is 35.4. The zero-order valence-electron chi connectivity index (χ0n) is 29.4. The Hall–Kier alpha value is -4.41. The van der Waals surface area contributed by atoms with E-state index >= 15 is 0 Å². The van der Waals surface area contributed by atoms with Crippen molar-refractivity contribution in [3.05, 3.63) is 71.8 Å². The van der Waals surface area contributed by atoms with Crippen LogP contribution in [0.2, 0.25) is 0 Å². The van der Waals surface area contributed by atoms with E-state index < -0.39 is 47.6 Å². The lowest BCUT2D eigenvalue weighted by atomic mass is 9.98. The number of rotatable bonds is 13. The molecular formula is C37H52N4O7. The molecule has 0 aromatic heterocycles. The van der Waals surface area contributed by atoms with Crippen molar-refractivity contribution in [1.29, 1.82) is 0 Å². The lowest BCUT2D eigenvalue weighted by Gasteiger charge is -2.37. The molecule has 0 radical (unpaired) electrons. The molecule has 1 saturated heterocycles. The molecule has 11 heteroatoms. The van der Waals surface area contributed by atoms with Crippen LogP contribution in [-0.4, -0.2) is 95.4 Å². The number of hydrogen-bond donors (Lipinski definition) is 1. The molecule has 0 unspecified atom stereocenters. The third-order valence-corrected chi connectivity index (χ3v) is 8.27. The highest BCUT2D eigenvalue weighted by atomic mass is 16.6. The van der Waals surface area contributed by atoms with Crippen LogP contribution in [0.1, 0.15) is 71.4 Å². The van der Waals surface area contributed by atoms with E-state index in [0.717, 1.165) is 30.4 Å². The second kappa shape index (κ2) is 17.7. The van der Waals surface area contributed by atoms with Gasteiger partial charge in [0.25, 0.3) is 0 Å². The first-order valence-corrected chi connectivity index (χ1v) is 16.7. The Labute approximate surface area is 284 Å². The molecule has 11 nitrogen and oxygen atoms in total. The van der Waals surface area contributed by atoms with Gasteiger partial charge in [0, 0.05) is 33.6 Å². The van der Waals surface area contributed by atoms with Gasteiger partial charge in [0.1, 0.15) is 30.3 Å². The summed E-state index contributed by atoms with van der Waals surface area (Å²) in [5, 5.41) is 2.80. The number of esters is 1. The van der Waals surface area contributed by atoms with Crippen molar-refractivity contribution in [1.82, 2.24) is 20.0 Å². The summed E-state index contributed by atoms with van der Waals surface area (Å²) in [6.45, 7) is 9.95. The topological polar surface area (TPSA) is 126 Å². The molecule has 1 fully saturated rings. The van der Waals surface area contributed by atoms with E-state index in [1.165, 1.54) is 23.9 Å². The summed E-state index contributed by atoms with van der Waals surface area (Å²) < 4.78 is 11.0. The van der Waals surface area contributed by atoms with Gasteiger partial charge >= 0.3 is 12.1 Å². The fraction of sp³-hybridized carbons (Fsp3) is 0.541. The number of carbonyl (C=O) groups excluding carboxylic acids is 5. The second-order valence-electron chi connectivity index (χ2n) is 13.7. The van der Waals surface area contributed by atoms with Gasteiger partial charge in [-0.05, 0) is 57.1 Å². The van der Waals surface area contributed by atoms with Crippen molar-refractivity contribution in [2.75, 3.05) is 27.2 Å². The molecule has 1 aliphatic heterocycles. The third kappa shape index (κ3) is 11.4. The van der Waals surface area contributed by atoms with Crippen LogP contribution in [0.3, 0.4) is 0 Å².